The maximum Gasteiger partial charge on any atom is 0.416 e. The summed E-state index contributed by atoms with van der Waals surface area (Å²) in [5.41, 5.74) is 2.97. The van der Waals surface area contributed by atoms with Gasteiger partial charge in [0, 0.05) is 25.8 Å². The van der Waals surface area contributed by atoms with Crippen molar-refractivity contribution in [2.75, 3.05) is 25.2 Å². The van der Waals surface area contributed by atoms with Crippen molar-refractivity contribution in [3.63, 3.8) is 0 Å². The summed E-state index contributed by atoms with van der Waals surface area (Å²) in [5.74, 6) is 0. The summed E-state index contributed by atoms with van der Waals surface area (Å²) in [6, 6.07) is 2.17. The molecule has 11 heteroatoms. The SMILES string of the molecule is CCOCCCNC(=S)NNc1ccc(C(F)(F)F)cc1[N+](=O)[O-]. The second-order valence-corrected chi connectivity index (χ2v) is 4.95. The molecule has 0 radical (unpaired) electrons. The molecular formula is C13H17F3N4O3S. The van der Waals surface area contributed by atoms with Crippen LogP contribution in [0.3, 0.4) is 0 Å². The summed E-state index contributed by atoms with van der Waals surface area (Å²) in [5, 5.41) is 13.9. The molecule has 0 atom stereocenters. The van der Waals surface area contributed by atoms with Crippen LogP contribution in [0, 0.1) is 10.1 Å². The molecule has 3 N–H and O–H groups in total. The lowest BCUT2D eigenvalue weighted by Gasteiger charge is -2.13. The maximum absolute atomic E-state index is 12.6. The molecule has 0 spiro atoms. The molecule has 1 rings (SSSR count). The van der Waals surface area contributed by atoms with Crippen LogP contribution in [-0.2, 0) is 10.9 Å². The predicted molar refractivity (Wildman–Crippen MR) is 86.6 cm³/mol. The van der Waals surface area contributed by atoms with Gasteiger partial charge in [-0.1, -0.05) is 0 Å². The lowest BCUT2D eigenvalue weighted by atomic mass is 10.1. The van der Waals surface area contributed by atoms with Gasteiger partial charge in [-0.25, -0.2) is 0 Å². The van der Waals surface area contributed by atoms with Gasteiger partial charge in [0.2, 0.25) is 0 Å². The van der Waals surface area contributed by atoms with Crippen molar-refractivity contribution in [3.8, 4) is 0 Å². The van der Waals surface area contributed by atoms with Crippen LogP contribution >= 0.6 is 12.2 Å². The number of anilines is 1. The largest absolute Gasteiger partial charge is 0.416 e. The summed E-state index contributed by atoms with van der Waals surface area (Å²) >= 11 is 4.95. The number of rotatable bonds is 8. The number of hydrazine groups is 1. The average molecular weight is 366 g/mol. The minimum Gasteiger partial charge on any atom is -0.382 e. The number of hydrogen-bond acceptors (Lipinski definition) is 5. The normalized spacial score (nSPS) is 11.0. The van der Waals surface area contributed by atoms with Gasteiger partial charge in [0.15, 0.2) is 5.11 Å². The molecule has 0 saturated heterocycles. The monoisotopic (exact) mass is 366 g/mol. The molecule has 0 amide bonds. The number of hydrogen-bond donors (Lipinski definition) is 3. The molecule has 0 aliphatic rings. The Labute approximate surface area is 141 Å². The van der Waals surface area contributed by atoms with Crippen molar-refractivity contribution in [3.05, 3.63) is 33.9 Å². The fraction of sp³-hybridized carbons (Fsp3) is 0.462. The zero-order chi connectivity index (χ0) is 18.2. The third-order valence-corrected chi connectivity index (χ3v) is 3.03. The van der Waals surface area contributed by atoms with Crippen molar-refractivity contribution in [1.82, 2.24) is 10.7 Å². The number of ether oxygens (including phenoxy) is 1. The molecule has 0 fully saturated rings. The van der Waals surface area contributed by atoms with Crippen LogP contribution in [0.4, 0.5) is 24.5 Å². The zero-order valence-corrected chi connectivity index (χ0v) is 13.6. The van der Waals surface area contributed by atoms with Crippen LogP contribution in [0.15, 0.2) is 18.2 Å². The van der Waals surface area contributed by atoms with Crippen molar-refractivity contribution >= 4 is 28.7 Å². The molecule has 134 valence electrons. The van der Waals surface area contributed by atoms with E-state index in [4.69, 9.17) is 17.0 Å². The minimum atomic E-state index is -4.66. The molecule has 0 aromatic heterocycles. The van der Waals surface area contributed by atoms with E-state index in [1.165, 1.54) is 0 Å². The van der Waals surface area contributed by atoms with E-state index in [1.807, 2.05) is 6.92 Å². The third kappa shape index (κ3) is 6.54. The second-order valence-electron chi connectivity index (χ2n) is 4.54. The molecule has 0 aliphatic heterocycles. The first-order valence-electron chi connectivity index (χ1n) is 6.99. The van der Waals surface area contributed by atoms with Gasteiger partial charge in [0.1, 0.15) is 5.69 Å². The van der Waals surface area contributed by atoms with Crippen molar-refractivity contribution in [2.45, 2.75) is 19.5 Å². The van der Waals surface area contributed by atoms with Gasteiger partial charge in [-0.3, -0.25) is 21.0 Å². The maximum atomic E-state index is 12.6. The Hall–Kier alpha value is -2.14. The standard InChI is InChI=1S/C13H17F3N4O3S/c1-2-23-7-3-6-17-12(24)19-18-10-5-4-9(13(14,15)16)8-11(10)20(21)22/h4-5,8,18H,2-3,6-7H2,1H3,(H2,17,19,24). The van der Waals surface area contributed by atoms with Gasteiger partial charge in [-0.15, -0.1) is 0 Å². The number of halogens is 3. The van der Waals surface area contributed by atoms with Crippen molar-refractivity contribution in [2.24, 2.45) is 0 Å². The first-order chi connectivity index (χ1) is 11.3. The summed E-state index contributed by atoms with van der Waals surface area (Å²) in [6.07, 6.45) is -3.95. The molecule has 1 aromatic carbocycles. The molecular weight excluding hydrogens is 349 g/mol. The van der Waals surface area contributed by atoms with Crippen LogP contribution in [0.1, 0.15) is 18.9 Å². The summed E-state index contributed by atoms with van der Waals surface area (Å²) < 4.78 is 43.0. The van der Waals surface area contributed by atoms with E-state index < -0.39 is 22.4 Å². The summed E-state index contributed by atoms with van der Waals surface area (Å²) in [6.45, 7) is 3.56. The Morgan fingerprint density at radius 3 is 2.71 bits per heavy atom. The van der Waals surface area contributed by atoms with Crippen LogP contribution < -0.4 is 16.2 Å². The van der Waals surface area contributed by atoms with Gasteiger partial charge in [-0.2, -0.15) is 13.2 Å². The first-order valence-corrected chi connectivity index (χ1v) is 7.39. The molecule has 0 bridgehead atoms. The van der Waals surface area contributed by atoms with Crippen LogP contribution in [0.5, 0.6) is 0 Å². The quantitative estimate of drug-likeness (QED) is 0.282. The van der Waals surface area contributed by atoms with Gasteiger partial charge < -0.3 is 10.1 Å². The highest BCUT2D eigenvalue weighted by molar-refractivity contribution is 7.80. The highest BCUT2D eigenvalue weighted by Crippen LogP contribution is 2.34. The number of nitro groups is 1. The number of nitro benzene ring substituents is 1. The summed E-state index contributed by atoms with van der Waals surface area (Å²) in [7, 11) is 0. The van der Waals surface area contributed by atoms with Gasteiger partial charge in [0.25, 0.3) is 5.69 Å². The Morgan fingerprint density at radius 2 is 2.12 bits per heavy atom. The molecule has 0 aliphatic carbocycles. The number of nitrogens with one attached hydrogen (secondary N) is 3. The second kappa shape index (κ2) is 9.23. The number of benzene rings is 1. The average Bonchev–Trinajstić information content (AvgIpc) is 2.51. The highest BCUT2D eigenvalue weighted by atomic mass is 32.1. The molecule has 7 nitrogen and oxygen atoms in total. The van der Waals surface area contributed by atoms with Crippen molar-refractivity contribution in [1.29, 1.82) is 0 Å². The number of alkyl halides is 3. The number of thiocarbonyl (C=S) groups is 1. The van der Waals surface area contributed by atoms with Gasteiger partial charge in [-0.05, 0) is 37.7 Å². The van der Waals surface area contributed by atoms with E-state index in [2.05, 4.69) is 16.2 Å². The molecule has 0 heterocycles. The Morgan fingerprint density at radius 1 is 1.42 bits per heavy atom. The molecule has 0 unspecified atom stereocenters. The minimum absolute atomic E-state index is 0.133. The zero-order valence-electron chi connectivity index (χ0n) is 12.8. The molecule has 0 saturated carbocycles. The van der Waals surface area contributed by atoms with Crippen LogP contribution in [0.25, 0.3) is 0 Å². The Balaban J connectivity index is 2.61. The molecule has 24 heavy (non-hydrogen) atoms. The summed E-state index contributed by atoms with van der Waals surface area (Å²) in [4.78, 5) is 10.0. The first kappa shape index (κ1) is 19.9. The van der Waals surface area contributed by atoms with Crippen molar-refractivity contribution < 1.29 is 22.8 Å². The topological polar surface area (TPSA) is 88.5 Å². The smallest absolute Gasteiger partial charge is 0.382 e. The van der Waals surface area contributed by atoms with Gasteiger partial charge >= 0.3 is 6.18 Å². The van der Waals surface area contributed by atoms with E-state index in [1.54, 1.807) is 0 Å². The Bertz CT molecular complexity index is 584. The highest BCUT2D eigenvalue weighted by Gasteiger charge is 2.33. The van der Waals surface area contributed by atoms with Crippen LogP contribution in [-0.4, -0.2) is 29.8 Å². The molecule has 1 aromatic rings. The van der Waals surface area contributed by atoms with E-state index >= 15 is 0 Å². The predicted octanol–water partition coefficient (Wildman–Crippen LogP) is 2.83. The fourth-order valence-electron chi connectivity index (χ4n) is 1.65. The van der Waals surface area contributed by atoms with E-state index in [0.717, 1.165) is 12.1 Å². The van der Waals surface area contributed by atoms with E-state index in [-0.39, 0.29) is 10.8 Å². The third-order valence-electron chi connectivity index (χ3n) is 2.79. The fourth-order valence-corrected chi connectivity index (χ4v) is 1.81. The lowest BCUT2D eigenvalue weighted by Crippen LogP contribution is -2.39. The Kier molecular flexibility index (Phi) is 7.65. The lowest BCUT2D eigenvalue weighted by molar-refractivity contribution is -0.384. The van der Waals surface area contributed by atoms with E-state index in [9.17, 15) is 23.3 Å². The van der Waals surface area contributed by atoms with Gasteiger partial charge in [0.05, 0.1) is 10.5 Å². The van der Waals surface area contributed by atoms with Crippen LogP contribution in [0.2, 0.25) is 0 Å². The van der Waals surface area contributed by atoms with E-state index in [0.29, 0.717) is 32.2 Å². The number of nitrogens with zero attached hydrogens (tertiary/aromatic N) is 1.